The number of aromatic nitrogens is 8. The summed E-state index contributed by atoms with van der Waals surface area (Å²) in [7, 11) is 0. The van der Waals surface area contributed by atoms with E-state index in [0.29, 0.717) is 17.4 Å². The van der Waals surface area contributed by atoms with Crippen molar-refractivity contribution in [1.29, 1.82) is 0 Å². The molecule has 8 nitrogen and oxygen atoms in total. The molecule has 0 fully saturated rings. The number of hydrogen-bond donors (Lipinski definition) is 0. The fraction of sp³-hybridized carbons (Fsp3) is 0.143. The zero-order valence-corrected chi connectivity index (χ0v) is 62.0. The van der Waals surface area contributed by atoms with Crippen molar-refractivity contribution in [2.24, 2.45) is 6.98 Å². The predicted octanol–water partition coefficient (Wildman–Crippen LogP) is 22.4. The molecule has 0 atom stereocenters. The van der Waals surface area contributed by atoms with Crippen molar-refractivity contribution >= 4 is 65.7 Å². The van der Waals surface area contributed by atoms with Crippen molar-refractivity contribution in [2.75, 3.05) is 0 Å². The minimum atomic E-state index is -2.31. The Balaban J connectivity index is 0.000000172. The van der Waals surface area contributed by atoms with E-state index in [-0.39, 0.29) is 42.1 Å². The topological polar surface area (TPSA) is 55.4 Å². The molecule has 0 aliphatic heterocycles. The van der Waals surface area contributed by atoms with E-state index in [0.717, 1.165) is 117 Å². The molecule has 10 heteroatoms. The van der Waals surface area contributed by atoms with Gasteiger partial charge >= 0.3 is 0 Å². The number of nitrogens with zero attached hydrogens (tertiary/aromatic N) is 8. The van der Waals surface area contributed by atoms with Crippen molar-refractivity contribution in [3.05, 3.63) is 344 Å². The van der Waals surface area contributed by atoms with Crippen molar-refractivity contribution in [1.82, 2.24) is 37.4 Å². The number of benzene rings is 11. The first-order chi connectivity index (χ1) is 49.4. The third-order valence-electron chi connectivity index (χ3n) is 20.0. The second-order valence-corrected chi connectivity index (χ2v) is 27.4. The van der Waals surface area contributed by atoms with Crippen LogP contribution >= 0.6 is 0 Å². The normalized spacial score (nSPS) is 12.4. The number of rotatable bonds is 13. The van der Waals surface area contributed by atoms with E-state index in [9.17, 15) is 0 Å². The quantitative estimate of drug-likeness (QED) is 0.108. The molecule has 6 aromatic heterocycles. The summed E-state index contributed by atoms with van der Waals surface area (Å²) in [6.45, 7) is 15.6. The molecule has 0 saturated heterocycles. The van der Waals surface area contributed by atoms with E-state index in [2.05, 4.69) is 329 Å². The fourth-order valence-corrected chi connectivity index (χ4v) is 14.5. The third-order valence-corrected chi connectivity index (χ3v) is 20.0. The van der Waals surface area contributed by atoms with Gasteiger partial charge in [0.1, 0.15) is 17.3 Å². The minimum Gasteiger partial charge on any atom is -0.319 e. The molecule has 502 valence electrons. The van der Waals surface area contributed by atoms with Gasteiger partial charge in [0, 0.05) is 112 Å². The van der Waals surface area contributed by atoms with Crippen molar-refractivity contribution in [3.8, 4) is 51.0 Å². The van der Waals surface area contributed by atoms with Crippen molar-refractivity contribution in [3.63, 3.8) is 0 Å². The van der Waals surface area contributed by atoms with Gasteiger partial charge in [-0.1, -0.05) is 182 Å². The SMILES string of the molecule is CC(C)c1ccccc1-c1ccnc(-n2c3[c-]c(C(C)(C)c4[c-]c(-n5[cH+]n(-c6ccccc6)c6ccccc65)ccc4)ccc3c3ccccc32)c1.[2H]C([2H])([2H])n1[cH+]n(-c2[c-]c(C(C)(C)c3[c-]c4c(cc3)c3ccccc3n4-c3cc(-c4ccccc4C(C)C)ccn3)ccc2)c2ccccc21.[Pt].[Pt]. The molecule has 0 bridgehead atoms. The molecule has 0 N–H and O–H groups in total. The van der Waals surface area contributed by atoms with Gasteiger partial charge in [-0.3, -0.25) is 0 Å². The van der Waals surface area contributed by atoms with E-state index in [1.165, 1.54) is 32.2 Å². The van der Waals surface area contributed by atoms with E-state index in [1.807, 2.05) is 53.4 Å². The summed E-state index contributed by atoms with van der Waals surface area (Å²) in [5.74, 6) is 2.53. The van der Waals surface area contributed by atoms with Crippen molar-refractivity contribution < 1.29 is 46.2 Å². The van der Waals surface area contributed by atoms with Gasteiger partial charge in [0.05, 0.1) is 0 Å². The first-order valence-electron chi connectivity index (χ1n) is 35.6. The maximum Gasteiger partial charge on any atom is 0.188 e. The first-order valence-corrected chi connectivity index (χ1v) is 34.1. The largest absolute Gasteiger partial charge is 0.319 e. The number of aryl methyl sites for hydroxylation is 1. The standard InChI is InChI=1S/C48H39N4.C43H37N4.2Pt/c1-33(2)39-19-8-9-20-40(39)34-27-28-49-47(29-34)52-43-22-11-10-21-41(43)42-26-25-36(31-46(42)52)48(3,4)35-15-14-18-38(30-35)51-32-50(37-16-6-5-7-17-37)44-23-12-13-24-45(44)51;1-29(2)34-15-6-7-16-35(34)30-23-24-44-42(25-30)47-38-18-9-8-17-36(38)37-22-21-32(27-41(37)47)43(3,4)31-13-12-14-33(26-31)46-28-45(5)39-19-10-11-20-40(39)46;;/h5-29,32-33H,1-4H3;6-25,28-29H,1-5H3;;/q2*-1;;/i;5D3;;. The molecule has 0 aliphatic rings. The van der Waals surface area contributed by atoms with E-state index in [1.54, 1.807) is 6.33 Å². The molecule has 11 aromatic carbocycles. The summed E-state index contributed by atoms with van der Waals surface area (Å²) in [5, 5.41) is 4.61. The molecule has 0 radical (unpaired) electrons. The van der Waals surface area contributed by atoms with Gasteiger partial charge in [0.25, 0.3) is 0 Å². The van der Waals surface area contributed by atoms with Crippen molar-refractivity contribution in [2.45, 2.75) is 78.1 Å². The third kappa shape index (κ3) is 12.2. The molecule has 17 rings (SSSR count). The average Bonchev–Trinajstić information content (AvgIpc) is 1.62. The number of pyridine rings is 2. The minimum absolute atomic E-state index is 0. The van der Waals surface area contributed by atoms with Crippen LogP contribution in [0, 0.1) is 24.3 Å². The van der Waals surface area contributed by atoms with Crippen LogP contribution in [0.1, 0.15) is 105 Å². The van der Waals surface area contributed by atoms with E-state index >= 15 is 0 Å². The van der Waals surface area contributed by atoms with Crippen LogP contribution in [0.2, 0.25) is 0 Å². The first kappa shape index (κ1) is 64.0. The Morgan fingerprint density at radius 1 is 0.366 bits per heavy atom. The van der Waals surface area contributed by atoms with Crippen LogP contribution in [-0.2, 0) is 59.9 Å². The molecule has 101 heavy (non-hydrogen) atoms. The molecule has 0 amide bonds. The Labute approximate surface area is 624 Å². The summed E-state index contributed by atoms with van der Waals surface area (Å²) in [6.07, 6.45) is 7.65. The van der Waals surface area contributed by atoms with Gasteiger partial charge in [0.15, 0.2) is 34.7 Å². The van der Waals surface area contributed by atoms with Gasteiger partial charge in [0.2, 0.25) is 0 Å². The molecule has 17 aromatic rings. The van der Waals surface area contributed by atoms with E-state index < -0.39 is 17.8 Å². The summed E-state index contributed by atoms with van der Waals surface area (Å²) in [6, 6.07) is 106. The Morgan fingerprint density at radius 2 is 0.762 bits per heavy atom. The molecule has 6 heterocycles. The maximum atomic E-state index is 8.11. The Kier molecular flexibility index (Phi) is 17.5. The van der Waals surface area contributed by atoms with Gasteiger partial charge < -0.3 is 9.13 Å². The number of imidazole rings is 2. The second-order valence-electron chi connectivity index (χ2n) is 27.4. The van der Waals surface area contributed by atoms with Crippen LogP contribution in [0.15, 0.2) is 286 Å². The Hall–Kier alpha value is -10.4. The molecule has 0 aliphatic carbocycles. The van der Waals surface area contributed by atoms with Crippen LogP contribution < -0.4 is 0 Å². The van der Waals surface area contributed by atoms with Gasteiger partial charge in [-0.15, -0.1) is 46.2 Å². The molecule has 0 spiro atoms. The number of para-hydroxylation sites is 7. The number of hydrogen-bond acceptors (Lipinski definition) is 2. The fourth-order valence-electron chi connectivity index (χ4n) is 14.5. The zero-order valence-electron chi connectivity index (χ0n) is 60.5. The Bertz CT molecular complexity index is 6050. The summed E-state index contributed by atoms with van der Waals surface area (Å²) in [5.41, 5.74) is 21.5. The van der Waals surface area contributed by atoms with Crippen LogP contribution in [0.25, 0.3) is 117 Å². The molecule has 0 saturated carbocycles. The molecular formula is C91H76N8Pt2-2. The summed E-state index contributed by atoms with van der Waals surface area (Å²) in [4.78, 5) is 9.87. The average molecular weight is 1670 g/mol. The summed E-state index contributed by atoms with van der Waals surface area (Å²) < 4.78 is 36.6. The smallest absolute Gasteiger partial charge is 0.188 e. The van der Waals surface area contributed by atoms with Gasteiger partial charge in [-0.05, 0) is 127 Å². The molecule has 0 unspecified atom stereocenters. The number of fused-ring (bicyclic) bond motifs is 8. The van der Waals surface area contributed by atoms with Crippen LogP contribution in [-0.4, -0.2) is 37.4 Å². The van der Waals surface area contributed by atoms with Crippen LogP contribution in [0.4, 0.5) is 0 Å². The van der Waals surface area contributed by atoms with Crippen LogP contribution in [0.5, 0.6) is 0 Å². The van der Waals surface area contributed by atoms with Gasteiger partial charge in [-0.2, -0.15) is 76.4 Å². The van der Waals surface area contributed by atoms with Gasteiger partial charge in [-0.25, -0.2) is 23.7 Å². The molecular weight excluding hydrogens is 1600 g/mol. The summed E-state index contributed by atoms with van der Waals surface area (Å²) >= 11 is 0. The maximum absolute atomic E-state index is 8.11. The Morgan fingerprint density at radius 3 is 1.24 bits per heavy atom. The predicted molar refractivity (Wildman–Crippen MR) is 409 cm³/mol. The van der Waals surface area contributed by atoms with E-state index in [4.69, 9.17) is 14.1 Å². The van der Waals surface area contributed by atoms with Crippen LogP contribution in [0.3, 0.4) is 0 Å². The monoisotopic (exact) mass is 1670 g/mol. The second kappa shape index (κ2) is 27.6. The zero-order chi connectivity index (χ0) is 70.2.